The maximum absolute atomic E-state index is 11.8. The maximum atomic E-state index is 11.8. The summed E-state index contributed by atoms with van der Waals surface area (Å²) >= 11 is 0. The van der Waals surface area contributed by atoms with Gasteiger partial charge in [-0.2, -0.15) is 0 Å². The van der Waals surface area contributed by atoms with Gasteiger partial charge >= 0.3 is 0 Å². The standard InChI is InChI=1S/C20H21N5O/c1-15(19-14-25(23-22-19)18-6-3-2-4-7-18)21-16-9-11-17(12-10-16)24-13-5-8-20(24)26/h2-4,6-7,9-12,14-15,21H,5,8,13H2,1H3. The van der Waals surface area contributed by atoms with E-state index in [-0.39, 0.29) is 11.9 Å². The monoisotopic (exact) mass is 347 g/mol. The Labute approximate surface area is 152 Å². The smallest absolute Gasteiger partial charge is 0.227 e. The Morgan fingerprint density at radius 2 is 1.81 bits per heavy atom. The van der Waals surface area contributed by atoms with E-state index in [2.05, 4.69) is 22.6 Å². The van der Waals surface area contributed by atoms with Crippen LogP contribution in [-0.2, 0) is 4.79 Å². The number of hydrogen-bond acceptors (Lipinski definition) is 4. The first-order valence-electron chi connectivity index (χ1n) is 8.85. The van der Waals surface area contributed by atoms with Crippen molar-refractivity contribution >= 4 is 17.3 Å². The fourth-order valence-corrected chi connectivity index (χ4v) is 3.16. The van der Waals surface area contributed by atoms with Crippen molar-refractivity contribution in [1.29, 1.82) is 0 Å². The van der Waals surface area contributed by atoms with Crippen LogP contribution >= 0.6 is 0 Å². The van der Waals surface area contributed by atoms with E-state index in [9.17, 15) is 4.79 Å². The zero-order valence-corrected chi connectivity index (χ0v) is 14.7. The normalized spacial score (nSPS) is 15.3. The number of rotatable bonds is 5. The Hall–Kier alpha value is -3.15. The number of benzene rings is 2. The zero-order valence-electron chi connectivity index (χ0n) is 14.7. The molecule has 132 valence electrons. The Kier molecular flexibility index (Phi) is 4.39. The van der Waals surface area contributed by atoms with Crippen LogP contribution in [0.4, 0.5) is 11.4 Å². The van der Waals surface area contributed by atoms with Crippen molar-refractivity contribution in [2.45, 2.75) is 25.8 Å². The molecule has 1 fully saturated rings. The predicted octanol–water partition coefficient (Wildman–Crippen LogP) is 3.57. The van der Waals surface area contributed by atoms with Crippen LogP contribution in [0.25, 0.3) is 5.69 Å². The summed E-state index contributed by atoms with van der Waals surface area (Å²) in [5.74, 6) is 0.205. The highest BCUT2D eigenvalue weighted by molar-refractivity contribution is 5.95. The molecule has 3 aromatic rings. The highest BCUT2D eigenvalue weighted by Crippen LogP contribution is 2.25. The number of nitrogens with zero attached hydrogens (tertiary/aromatic N) is 4. The lowest BCUT2D eigenvalue weighted by Gasteiger charge is -2.17. The molecule has 1 N–H and O–H groups in total. The molecule has 2 aromatic carbocycles. The SMILES string of the molecule is CC(Nc1ccc(N2CCCC2=O)cc1)c1cn(-c2ccccc2)nn1. The minimum Gasteiger partial charge on any atom is -0.377 e. The molecule has 2 heterocycles. The topological polar surface area (TPSA) is 63.1 Å². The van der Waals surface area contributed by atoms with Gasteiger partial charge in [-0.3, -0.25) is 4.79 Å². The summed E-state index contributed by atoms with van der Waals surface area (Å²) in [6.45, 7) is 2.86. The molecular weight excluding hydrogens is 326 g/mol. The lowest BCUT2D eigenvalue weighted by Crippen LogP contribution is -2.23. The predicted molar refractivity (Wildman–Crippen MR) is 101 cm³/mol. The van der Waals surface area contributed by atoms with E-state index in [0.717, 1.165) is 35.7 Å². The quantitative estimate of drug-likeness (QED) is 0.766. The first-order chi connectivity index (χ1) is 12.7. The fraction of sp³-hybridized carbons (Fsp3) is 0.250. The number of nitrogens with one attached hydrogen (secondary N) is 1. The molecule has 1 atom stereocenters. The first kappa shape index (κ1) is 16.3. The molecule has 26 heavy (non-hydrogen) atoms. The number of amides is 1. The number of para-hydroxylation sites is 1. The van der Waals surface area contributed by atoms with E-state index >= 15 is 0 Å². The van der Waals surface area contributed by atoms with Gasteiger partial charge in [0.15, 0.2) is 0 Å². The van der Waals surface area contributed by atoms with Gasteiger partial charge in [0.1, 0.15) is 5.69 Å². The number of carbonyl (C=O) groups is 1. The summed E-state index contributed by atoms with van der Waals surface area (Å²) in [4.78, 5) is 13.7. The number of anilines is 2. The van der Waals surface area contributed by atoms with Crippen molar-refractivity contribution < 1.29 is 4.79 Å². The minimum absolute atomic E-state index is 0.0201. The summed E-state index contributed by atoms with van der Waals surface area (Å²) in [5.41, 5.74) is 3.80. The molecule has 6 heteroatoms. The molecule has 0 aliphatic carbocycles. The van der Waals surface area contributed by atoms with Gasteiger partial charge in [0, 0.05) is 24.3 Å². The molecule has 4 rings (SSSR count). The summed E-state index contributed by atoms with van der Waals surface area (Å²) in [6, 6.07) is 17.9. The van der Waals surface area contributed by atoms with Crippen molar-refractivity contribution in [3.05, 3.63) is 66.5 Å². The molecule has 0 saturated carbocycles. The van der Waals surface area contributed by atoms with E-state index in [1.807, 2.05) is 65.7 Å². The second-order valence-electron chi connectivity index (χ2n) is 6.49. The molecule has 6 nitrogen and oxygen atoms in total. The number of carbonyl (C=O) groups excluding carboxylic acids is 1. The molecule has 1 aliphatic heterocycles. The van der Waals surface area contributed by atoms with Gasteiger partial charge in [0.25, 0.3) is 0 Å². The first-order valence-corrected chi connectivity index (χ1v) is 8.85. The molecule has 0 spiro atoms. The largest absolute Gasteiger partial charge is 0.377 e. The summed E-state index contributed by atoms with van der Waals surface area (Å²) in [5, 5.41) is 11.9. The zero-order chi connectivity index (χ0) is 17.9. The van der Waals surface area contributed by atoms with Crippen molar-refractivity contribution in [2.24, 2.45) is 0 Å². The molecule has 1 aromatic heterocycles. The van der Waals surface area contributed by atoms with E-state index in [1.54, 1.807) is 4.68 Å². The van der Waals surface area contributed by atoms with E-state index in [1.165, 1.54) is 0 Å². The van der Waals surface area contributed by atoms with Crippen molar-refractivity contribution in [1.82, 2.24) is 15.0 Å². The van der Waals surface area contributed by atoms with Gasteiger partial charge < -0.3 is 10.2 Å². The van der Waals surface area contributed by atoms with Gasteiger partial charge in [0.2, 0.25) is 5.91 Å². The van der Waals surface area contributed by atoms with Crippen LogP contribution in [-0.4, -0.2) is 27.4 Å². The van der Waals surface area contributed by atoms with Gasteiger partial charge in [-0.05, 0) is 49.7 Å². The van der Waals surface area contributed by atoms with Crippen LogP contribution in [0, 0.1) is 0 Å². The third kappa shape index (κ3) is 3.31. The van der Waals surface area contributed by atoms with Gasteiger partial charge in [0.05, 0.1) is 17.9 Å². The van der Waals surface area contributed by atoms with E-state index in [0.29, 0.717) is 6.42 Å². The van der Waals surface area contributed by atoms with Crippen LogP contribution < -0.4 is 10.2 Å². The van der Waals surface area contributed by atoms with Crippen LogP contribution in [0.1, 0.15) is 31.5 Å². The molecule has 1 amide bonds. The fourth-order valence-electron chi connectivity index (χ4n) is 3.16. The van der Waals surface area contributed by atoms with Crippen molar-refractivity contribution in [3.63, 3.8) is 0 Å². The van der Waals surface area contributed by atoms with Crippen molar-refractivity contribution in [3.8, 4) is 5.69 Å². The summed E-state index contributed by atoms with van der Waals surface area (Å²) < 4.78 is 1.77. The lowest BCUT2D eigenvalue weighted by molar-refractivity contribution is -0.117. The van der Waals surface area contributed by atoms with Crippen LogP contribution in [0.2, 0.25) is 0 Å². The summed E-state index contributed by atoms with van der Waals surface area (Å²) in [6.07, 6.45) is 3.52. The Morgan fingerprint density at radius 3 is 2.50 bits per heavy atom. The Morgan fingerprint density at radius 1 is 1.04 bits per heavy atom. The average Bonchev–Trinajstić information content (AvgIpc) is 3.32. The van der Waals surface area contributed by atoms with Gasteiger partial charge in [-0.15, -0.1) is 5.10 Å². The molecule has 0 radical (unpaired) electrons. The van der Waals surface area contributed by atoms with Crippen LogP contribution in [0.5, 0.6) is 0 Å². The van der Waals surface area contributed by atoms with Crippen LogP contribution in [0.3, 0.4) is 0 Å². The second kappa shape index (κ2) is 7.00. The molecule has 1 aliphatic rings. The molecule has 1 unspecified atom stereocenters. The Bertz CT molecular complexity index is 888. The maximum Gasteiger partial charge on any atom is 0.227 e. The second-order valence-corrected chi connectivity index (χ2v) is 6.49. The van der Waals surface area contributed by atoms with Gasteiger partial charge in [-0.25, -0.2) is 4.68 Å². The Balaban J connectivity index is 1.44. The van der Waals surface area contributed by atoms with Crippen LogP contribution in [0.15, 0.2) is 60.8 Å². The minimum atomic E-state index is 0.0201. The third-order valence-electron chi connectivity index (χ3n) is 4.61. The highest BCUT2D eigenvalue weighted by Gasteiger charge is 2.21. The third-order valence-corrected chi connectivity index (χ3v) is 4.61. The average molecular weight is 347 g/mol. The van der Waals surface area contributed by atoms with Gasteiger partial charge in [-0.1, -0.05) is 23.4 Å². The number of hydrogen-bond donors (Lipinski definition) is 1. The molecule has 0 bridgehead atoms. The van der Waals surface area contributed by atoms with E-state index in [4.69, 9.17) is 0 Å². The number of aromatic nitrogens is 3. The highest BCUT2D eigenvalue weighted by atomic mass is 16.2. The lowest BCUT2D eigenvalue weighted by atomic mass is 10.2. The molecule has 1 saturated heterocycles. The van der Waals surface area contributed by atoms with E-state index < -0.39 is 0 Å². The van der Waals surface area contributed by atoms with Crippen molar-refractivity contribution in [2.75, 3.05) is 16.8 Å². The molecular formula is C20H21N5O. The summed E-state index contributed by atoms with van der Waals surface area (Å²) in [7, 11) is 0.